The van der Waals surface area contributed by atoms with Crippen molar-refractivity contribution < 1.29 is 4.79 Å². The molecule has 0 spiro atoms. The van der Waals surface area contributed by atoms with E-state index in [1.54, 1.807) is 0 Å². The largest absolute Gasteiger partial charge is 0.334 e. The molecule has 0 N–H and O–H groups in total. The summed E-state index contributed by atoms with van der Waals surface area (Å²) in [6, 6.07) is 12.7. The summed E-state index contributed by atoms with van der Waals surface area (Å²) < 4.78 is 1.92. The van der Waals surface area contributed by atoms with Gasteiger partial charge in [-0.2, -0.15) is 5.10 Å². The standard InChI is InChI=1S/C25H35N3O/c1-23(2,3)21-12-20(28(26-21)15-18-10-8-7-9-11-18)22(29)27-17-25(6)14-19(27)13-24(4,5)16-25/h7-12,19H,13-17H2,1-6H3. The van der Waals surface area contributed by atoms with Gasteiger partial charge >= 0.3 is 0 Å². The lowest BCUT2D eigenvalue weighted by Gasteiger charge is -2.39. The van der Waals surface area contributed by atoms with Gasteiger partial charge in [0.1, 0.15) is 5.69 Å². The van der Waals surface area contributed by atoms with Crippen LogP contribution in [0.4, 0.5) is 0 Å². The van der Waals surface area contributed by atoms with Crippen LogP contribution in [0.2, 0.25) is 0 Å². The number of fused-ring (bicyclic) bond motifs is 2. The highest BCUT2D eigenvalue weighted by molar-refractivity contribution is 5.93. The van der Waals surface area contributed by atoms with Crippen molar-refractivity contribution in [2.75, 3.05) is 6.54 Å². The molecule has 2 aromatic rings. The lowest BCUT2D eigenvalue weighted by atomic mass is 9.65. The molecule has 1 saturated carbocycles. The van der Waals surface area contributed by atoms with Gasteiger partial charge in [0, 0.05) is 18.0 Å². The number of amides is 1. The molecule has 4 nitrogen and oxygen atoms in total. The minimum absolute atomic E-state index is 0.0914. The Hall–Kier alpha value is -2.10. The monoisotopic (exact) mass is 393 g/mol. The summed E-state index contributed by atoms with van der Waals surface area (Å²) in [6.45, 7) is 15.0. The summed E-state index contributed by atoms with van der Waals surface area (Å²) in [6.07, 6.45) is 3.41. The van der Waals surface area contributed by atoms with Gasteiger partial charge < -0.3 is 4.90 Å². The van der Waals surface area contributed by atoms with Gasteiger partial charge in [0.15, 0.2) is 0 Å². The smallest absolute Gasteiger partial charge is 0.272 e. The molecule has 4 heteroatoms. The van der Waals surface area contributed by atoms with Crippen molar-refractivity contribution in [3.63, 3.8) is 0 Å². The van der Waals surface area contributed by atoms with Crippen LogP contribution >= 0.6 is 0 Å². The van der Waals surface area contributed by atoms with Crippen molar-refractivity contribution in [2.24, 2.45) is 10.8 Å². The van der Waals surface area contributed by atoms with E-state index < -0.39 is 0 Å². The Morgan fingerprint density at radius 1 is 1.14 bits per heavy atom. The first kappa shape index (κ1) is 20.2. The number of rotatable bonds is 3. The van der Waals surface area contributed by atoms with Crippen molar-refractivity contribution in [3.05, 3.63) is 53.3 Å². The zero-order valence-corrected chi connectivity index (χ0v) is 18.8. The summed E-state index contributed by atoms with van der Waals surface area (Å²) in [5.74, 6) is 0.148. The average Bonchev–Trinajstić information content (AvgIpc) is 3.12. The van der Waals surface area contributed by atoms with Crippen LogP contribution in [-0.4, -0.2) is 33.2 Å². The highest BCUT2D eigenvalue weighted by atomic mass is 16.2. The fraction of sp³-hybridized carbons (Fsp3) is 0.600. The van der Waals surface area contributed by atoms with E-state index in [1.807, 2.05) is 28.9 Å². The lowest BCUT2D eigenvalue weighted by Crippen LogP contribution is -2.38. The maximum Gasteiger partial charge on any atom is 0.272 e. The number of carbonyl (C=O) groups is 1. The van der Waals surface area contributed by atoms with E-state index in [0.29, 0.717) is 18.0 Å². The second kappa shape index (κ2) is 6.72. The van der Waals surface area contributed by atoms with Gasteiger partial charge in [-0.3, -0.25) is 9.48 Å². The molecule has 2 bridgehead atoms. The molecule has 2 heterocycles. The van der Waals surface area contributed by atoms with E-state index in [9.17, 15) is 4.79 Å². The van der Waals surface area contributed by atoms with Crippen molar-refractivity contribution in [1.29, 1.82) is 0 Å². The van der Waals surface area contributed by atoms with E-state index in [0.717, 1.165) is 30.8 Å². The Labute approximate surface area is 175 Å². The van der Waals surface area contributed by atoms with E-state index in [-0.39, 0.29) is 16.7 Å². The number of hydrogen-bond donors (Lipinski definition) is 0. The predicted molar refractivity (Wildman–Crippen MR) is 117 cm³/mol. The molecule has 1 aliphatic heterocycles. The second-order valence-electron chi connectivity index (χ2n) is 11.5. The summed E-state index contributed by atoms with van der Waals surface area (Å²) in [7, 11) is 0. The normalized spacial score (nSPS) is 26.0. The minimum atomic E-state index is -0.0914. The van der Waals surface area contributed by atoms with Crippen LogP contribution in [0.5, 0.6) is 0 Å². The first-order chi connectivity index (χ1) is 13.5. The minimum Gasteiger partial charge on any atom is -0.334 e. The fourth-order valence-corrected chi connectivity index (χ4v) is 5.68. The molecule has 4 rings (SSSR count). The summed E-state index contributed by atoms with van der Waals surface area (Å²) in [5.41, 5.74) is 3.31. The summed E-state index contributed by atoms with van der Waals surface area (Å²) in [5, 5.41) is 4.87. The Kier molecular flexibility index (Phi) is 4.67. The Bertz CT molecular complexity index is 906. The van der Waals surface area contributed by atoms with Gasteiger partial charge in [-0.1, -0.05) is 71.9 Å². The molecule has 2 atom stereocenters. The van der Waals surface area contributed by atoms with Crippen LogP contribution in [0.3, 0.4) is 0 Å². The molecule has 2 unspecified atom stereocenters. The number of hydrogen-bond acceptors (Lipinski definition) is 2. The highest BCUT2D eigenvalue weighted by Gasteiger charge is 2.51. The number of likely N-dealkylation sites (tertiary alicyclic amines) is 1. The zero-order chi connectivity index (χ0) is 21.0. The highest BCUT2D eigenvalue weighted by Crippen LogP contribution is 2.52. The van der Waals surface area contributed by atoms with Gasteiger partial charge in [0.05, 0.1) is 12.2 Å². The molecule has 1 aliphatic carbocycles. The Morgan fingerprint density at radius 3 is 2.48 bits per heavy atom. The summed E-state index contributed by atoms with van der Waals surface area (Å²) in [4.78, 5) is 15.9. The van der Waals surface area contributed by atoms with Crippen LogP contribution in [0.15, 0.2) is 36.4 Å². The molecule has 0 radical (unpaired) electrons. The van der Waals surface area contributed by atoms with Crippen LogP contribution in [-0.2, 0) is 12.0 Å². The van der Waals surface area contributed by atoms with Gasteiger partial charge in [0.25, 0.3) is 5.91 Å². The Balaban J connectivity index is 1.68. The molecule has 29 heavy (non-hydrogen) atoms. The third-order valence-corrected chi connectivity index (χ3v) is 6.62. The van der Waals surface area contributed by atoms with Crippen LogP contribution in [0.25, 0.3) is 0 Å². The zero-order valence-electron chi connectivity index (χ0n) is 18.8. The van der Waals surface area contributed by atoms with Crippen molar-refractivity contribution in [3.8, 4) is 0 Å². The predicted octanol–water partition coefficient (Wildman–Crippen LogP) is 5.27. The quantitative estimate of drug-likeness (QED) is 0.712. The van der Waals surface area contributed by atoms with Crippen LogP contribution < -0.4 is 0 Å². The molecule has 1 amide bonds. The van der Waals surface area contributed by atoms with Gasteiger partial charge in [0.2, 0.25) is 0 Å². The first-order valence-electron chi connectivity index (χ1n) is 10.9. The topological polar surface area (TPSA) is 38.1 Å². The molecular formula is C25H35N3O. The van der Waals surface area contributed by atoms with Gasteiger partial charge in [-0.25, -0.2) is 0 Å². The molecular weight excluding hydrogens is 358 g/mol. The van der Waals surface area contributed by atoms with E-state index >= 15 is 0 Å². The molecule has 1 aromatic heterocycles. The Morgan fingerprint density at radius 2 is 1.83 bits per heavy atom. The maximum atomic E-state index is 13.8. The SMILES string of the molecule is CC1(C)CC2CC(C)(CN2C(=O)c2cc(C(C)(C)C)nn2Cc2ccccc2)C1. The van der Waals surface area contributed by atoms with Crippen molar-refractivity contribution in [1.82, 2.24) is 14.7 Å². The molecule has 2 fully saturated rings. The van der Waals surface area contributed by atoms with E-state index in [2.05, 4.69) is 58.6 Å². The van der Waals surface area contributed by atoms with Gasteiger partial charge in [-0.05, 0) is 41.7 Å². The third-order valence-electron chi connectivity index (χ3n) is 6.62. The third kappa shape index (κ3) is 3.99. The molecule has 156 valence electrons. The summed E-state index contributed by atoms with van der Waals surface area (Å²) >= 11 is 0. The number of benzene rings is 1. The molecule has 2 aliphatic rings. The fourth-order valence-electron chi connectivity index (χ4n) is 5.68. The number of carbonyl (C=O) groups excluding carboxylic acids is 1. The van der Waals surface area contributed by atoms with Crippen molar-refractivity contribution >= 4 is 5.91 Å². The maximum absolute atomic E-state index is 13.8. The first-order valence-corrected chi connectivity index (χ1v) is 10.9. The van der Waals surface area contributed by atoms with Crippen molar-refractivity contribution in [2.45, 2.75) is 78.8 Å². The van der Waals surface area contributed by atoms with E-state index in [4.69, 9.17) is 5.10 Å². The number of nitrogens with zero attached hydrogens (tertiary/aromatic N) is 3. The van der Waals surface area contributed by atoms with E-state index in [1.165, 1.54) is 12.0 Å². The lowest BCUT2D eigenvalue weighted by molar-refractivity contribution is 0.0696. The van der Waals surface area contributed by atoms with Gasteiger partial charge in [-0.15, -0.1) is 0 Å². The molecule has 1 aromatic carbocycles. The van der Waals surface area contributed by atoms with Crippen LogP contribution in [0.1, 0.15) is 82.6 Å². The average molecular weight is 394 g/mol. The second-order valence-corrected chi connectivity index (χ2v) is 11.5. The van der Waals surface area contributed by atoms with Crippen LogP contribution in [0, 0.1) is 10.8 Å². The number of aromatic nitrogens is 2. The molecule has 1 saturated heterocycles.